The third-order valence-electron chi connectivity index (χ3n) is 14.9. The van der Waals surface area contributed by atoms with Crippen molar-refractivity contribution in [3.05, 3.63) is 0 Å². The summed E-state index contributed by atoms with van der Waals surface area (Å²) in [7, 11) is 0. The number of rotatable bonds is 55. The Morgan fingerprint density at radius 3 is 0.878 bits per heavy atom. The highest BCUT2D eigenvalue weighted by molar-refractivity contribution is 5.71. The molecule has 74 heavy (non-hydrogen) atoms. The van der Waals surface area contributed by atoms with Crippen LogP contribution in [0.3, 0.4) is 0 Å². The van der Waals surface area contributed by atoms with Crippen LogP contribution in [0.2, 0.25) is 0 Å². The molecular formula is C63H122O11. The van der Waals surface area contributed by atoms with Crippen LogP contribution in [0.5, 0.6) is 0 Å². The fourth-order valence-electron chi connectivity index (χ4n) is 9.87. The maximum Gasteiger partial charge on any atom is 0.306 e. The van der Waals surface area contributed by atoms with E-state index in [4.69, 9.17) is 39.4 Å². The van der Waals surface area contributed by atoms with Gasteiger partial charge in [0.1, 0.15) is 37.6 Å². The van der Waals surface area contributed by atoms with Gasteiger partial charge in [0.25, 0.3) is 0 Å². The van der Waals surface area contributed by atoms with Crippen LogP contribution >= 0.6 is 0 Å². The van der Waals surface area contributed by atoms with Crippen LogP contribution in [-0.2, 0) is 33.3 Å². The molecule has 0 bridgehead atoms. The standard InChI is InChI=1S/C57H110O6.C6H12O5/c1-4-7-10-13-16-19-22-25-28-31-34-37-40-43-46-49-55(58)61-52-54(63-57(60)51-48-45-42-39-36-33-30-27-24-21-18-15-12-9-6-3)53-62-56(59)50-47-44-41-38-35-32-29-26-23-20-17-14-11-8-5-2;7-1-3(8)6-5(10)4(9)2-11-6/h54H,4-53H2,1-3H3;3-10H,1-2H2/t;3-,4+,5-,6-/m.1/s1. The lowest BCUT2D eigenvalue weighted by Gasteiger charge is -2.18. The van der Waals surface area contributed by atoms with Crippen molar-refractivity contribution in [2.45, 2.75) is 359 Å². The first-order valence-electron chi connectivity index (χ1n) is 32.0. The third kappa shape index (κ3) is 49.8. The second-order valence-corrected chi connectivity index (χ2v) is 22.2. The molecule has 0 saturated carbocycles. The van der Waals surface area contributed by atoms with Crippen LogP contribution in [0.15, 0.2) is 0 Å². The number of ether oxygens (including phenoxy) is 4. The van der Waals surface area contributed by atoms with Crippen molar-refractivity contribution in [3.63, 3.8) is 0 Å². The average molecular weight is 1060 g/mol. The molecule has 11 nitrogen and oxygen atoms in total. The smallest absolute Gasteiger partial charge is 0.306 e. The molecule has 1 aliphatic heterocycles. The molecule has 1 rings (SSSR count). The minimum Gasteiger partial charge on any atom is -0.462 e. The van der Waals surface area contributed by atoms with Gasteiger partial charge in [-0.05, 0) is 19.3 Å². The zero-order valence-corrected chi connectivity index (χ0v) is 48.8. The predicted octanol–water partition coefficient (Wildman–Crippen LogP) is 16.2. The van der Waals surface area contributed by atoms with Gasteiger partial charge >= 0.3 is 17.9 Å². The molecule has 0 amide bonds. The van der Waals surface area contributed by atoms with Crippen LogP contribution in [-0.4, -0.2) is 95.3 Å². The lowest BCUT2D eigenvalue weighted by molar-refractivity contribution is -0.167. The summed E-state index contributed by atoms with van der Waals surface area (Å²) in [5.74, 6) is -0.832. The molecule has 4 atom stereocenters. The fraction of sp³-hybridized carbons (Fsp3) is 0.952. The SMILES string of the molecule is CCCCCCCCCCCCCCCCCC(=O)OCC(COC(=O)CCCCCCCCCCCCCCCCC)OC(=O)CCCCCCCCCCCCCCCCC.OC[C@@H](O)[C@H]1OC[C@H](O)[C@H]1O. The van der Waals surface area contributed by atoms with Crippen LogP contribution in [0.25, 0.3) is 0 Å². The summed E-state index contributed by atoms with van der Waals surface area (Å²) >= 11 is 0. The highest BCUT2D eigenvalue weighted by atomic mass is 16.6. The molecule has 11 heteroatoms. The second kappa shape index (κ2) is 57.4. The molecule has 0 aliphatic carbocycles. The minimum absolute atomic E-state index is 0.00287. The van der Waals surface area contributed by atoms with Gasteiger partial charge in [-0.25, -0.2) is 0 Å². The maximum atomic E-state index is 12.8. The Labute approximate surface area is 455 Å². The number of hydrogen-bond acceptors (Lipinski definition) is 11. The minimum atomic E-state index is -1.12. The molecule has 1 fully saturated rings. The summed E-state index contributed by atoms with van der Waals surface area (Å²) in [5.41, 5.74) is 0. The van der Waals surface area contributed by atoms with E-state index < -0.39 is 37.1 Å². The summed E-state index contributed by atoms with van der Waals surface area (Å²) in [6.45, 7) is 6.23. The zero-order valence-electron chi connectivity index (χ0n) is 48.8. The lowest BCUT2D eigenvalue weighted by atomic mass is 10.0. The normalized spacial score (nSPS) is 15.8. The summed E-state index contributed by atoms with van der Waals surface area (Å²) in [5, 5.41) is 35.5. The third-order valence-corrected chi connectivity index (χ3v) is 14.9. The average Bonchev–Trinajstić information content (AvgIpc) is 3.74. The quantitative estimate of drug-likeness (QED) is 0.0260. The molecule has 0 aromatic rings. The summed E-state index contributed by atoms with van der Waals surface area (Å²) in [6, 6.07) is 0. The van der Waals surface area contributed by atoms with Crippen LogP contribution in [0.4, 0.5) is 0 Å². The molecular weight excluding hydrogens is 933 g/mol. The van der Waals surface area contributed by atoms with Crippen molar-refractivity contribution in [2.24, 2.45) is 0 Å². The van der Waals surface area contributed by atoms with E-state index in [9.17, 15) is 14.4 Å². The largest absolute Gasteiger partial charge is 0.462 e. The van der Waals surface area contributed by atoms with Crippen molar-refractivity contribution in [1.82, 2.24) is 0 Å². The van der Waals surface area contributed by atoms with Crippen LogP contribution in [0.1, 0.15) is 329 Å². The first-order valence-corrected chi connectivity index (χ1v) is 32.0. The topological polar surface area (TPSA) is 169 Å². The number of aliphatic hydroxyl groups excluding tert-OH is 4. The first-order chi connectivity index (χ1) is 36.2. The summed E-state index contributed by atoms with van der Waals surface area (Å²) in [6.07, 6.45) is 53.9. The van der Waals surface area contributed by atoms with Crippen molar-refractivity contribution in [2.75, 3.05) is 26.4 Å². The van der Waals surface area contributed by atoms with Crippen molar-refractivity contribution >= 4 is 17.9 Å². The van der Waals surface area contributed by atoms with E-state index in [0.29, 0.717) is 19.3 Å². The van der Waals surface area contributed by atoms with Gasteiger partial charge in [0.05, 0.1) is 13.2 Å². The fourth-order valence-corrected chi connectivity index (χ4v) is 9.87. The molecule has 0 radical (unpaired) electrons. The Morgan fingerprint density at radius 1 is 0.405 bits per heavy atom. The molecule has 0 spiro atoms. The molecule has 0 unspecified atom stereocenters. The van der Waals surface area contributed by atoms with E-state index in [0.717, 1.165) is 57.8 Å². The highest BCUT2D eigenvalue weighted by Gasteiger charge is 2.38. The van der Waals surface area contributed by atoms with Gasteiger partial charge in [-0.3, -0.25) is 14.4 Å². The predicted molar refractivity (Wildman–Crippen MR) is 305 cm³/mol. The van der Waals surface area contributed by atoms with E-state index in [-0.39, 0.29) is 37.7 Å². The number of esters is 3. The number of carbonyl (C=O) groups excluding carboxylic acids is 3. The van der Waals surface area contributed by atoms with Gasteiger partial charge in [0, 0.05) is 19.3 Å². The highest BCUT2D eigenvalue weighted by Crippen LogP contribution is 2.19. The van der Waals surface area contributed by atoms with Crippen LogP contribution in [0, 0.1) is 0 Å². The number of aliphatic hydroxyl groups is 4. The molecule has 1 aliphatic rings. The Morgan fingerprint density at radius 2 is 0.649 bits per heavy atom. The molecule has 1 saturated heterocycles. The van der Waals surface area contributed by atoms with Crippen LogP contribution < -0.4 is 0 Å². The number of hydrogen-bond donors (Lipinski definition) is 4. The summed E-state index contributed by atoms with van der Waals surface area (Å²) in [4.78, 5) is 38.1. The second-order valence-electron chi connectivity index (χ2n) is 22.2. The zero-order chi connectivity index (χ0) is 54.2. The number of carbonyl (C=O) groups is 3. The van der Waals surface area contributed by atoms with Gasteiger partial charge in [0.15, 0.2) is 6.10 Å². The van der Waals surface area contributed by atoms with Crippen molar-refractivity contribution in [1.29, 1.82) is 0 Å². The van der Waals surface area contributed by atoms with Gasteiger partial charge in [-0.15, -0.1) is 0 Å². The van der Waals surface area contributed by atoms with E-state index in [1.807, 2.05) is 0 Å². The lowest BCUT2D eigenvalue weighted by Crippen LogP contribution is -2.40. The van der Waals surface area contributed by atoms with Gasteiger partial charge in [-0.1, -0.05) is 290 Å². The Hall–Kier alpha value is -1.79. The van der Waals surface area contributed by atoms with E-state index >= 15 is 0 Å². The molecule has 0 aromatic heterocycles. The molecule has 4 N–H and O–H groups in total. The number of unbranched alkanes of at least 4 members (excludes halogenated alkanes) is 42. The maximum absolute atomic E-state index is 12.8. The monoisotopic (exact) mass is 1050 g/mol. The molecule has 1 heterocycles. The van der Waals surface area contributed by atoms with Crippen molar-refractivity contribution in [3.8, 4) is 0 Å². The van der Waals surface area contributed by atoms with Crippen molar-refractivity contribution < 1.29 is 53.8 Å². The van der Waals surface area contributed by atoms with Gasteiger partial charge in [0.2, 0.25) is 0 Å². The van der Waals surface area contributed by atoms with E-state index in [2.05, 4.69) is 20.8 Å². The van der Waals surface area contributed by atoms with Gasteiger partial charge < -0.3 is 39.4 Å². The Bertz CT molecular complexity index is 1140. The van der Waals surface area contributed by atoms with Gasteiger partial charge in [-0.2, -0.15) is 0 Å². The molecule has 440 valence electrons. The molecule has 0 aromatic carbocycles. The Kier molecular flexibility index (Phi) is 56.0. The van der Waals surface area contributed by atoms with E-state index in [1.54, 1.807) is 0 Å². The first kappa shape index (κ1) is 72.2. The van der Waals surface area contributed by atoms with E-state index in [1.165, 1.54) is 231 Å². The summed E-state index contributed by atoms with van der Waals surface area (Å²) < 4.78 is 21.7. The Balaban J connectivity index is 0.00000424.